The predicted octanol–water partition coefficient (Wildman–Crippen LogP) is 5.57. The molecule has 5 heteroatoms. The lowest BCUT2D eigenvalue weighted by molar-refractivity contribution is -0.160. The van der Waals surface area contributed by atoms with Gasteiger partial charge in [0.15, 0.2) is 0 Å². The first kappa shape index (κ1) is 23.4. The zero-order valence-electron chi connectivity index (χ0n) is 21.1. The molecule has 4 aliphatic carbocycles. The van der Waals surface area contributed by atoms with Gasteiger partial charge in [-0.2, -0.15) is 10.4 Å². The van der Waals surface area contributed by atoms with E-state index < -0.39 is 5.60 Å². The van der Waals surface area contributed by atoms with E-state index in [0.717, 1.165) is 37.1 Å². The van der Waals surface area contributed by atoms with Crippen molar-refractivity contribution in [3.8, 4) is 6.07 Å². The highest BCUT2D eigenvalue weighted by Gasteiger charge is 2.62. The van der Waals surface area contributed by atoms with Gasteiger partial charge >= 0.3 is 0 Å². The van der Waals surface area contributed by atoms with Gasteiger partial charge in [-0.3, -0.25) is 4.68 Å². The van der Waals surface area contributed by atoms with Crippen molar-refractivity contribution in [3.05, 3.63) is 18.0 Å². The minimum Gasteiger partial charge on any atom is -0.390 e. The predicted molar refractivity (Wildman–Crippen MR) is 128 cm³/mol. The summed E-state index contributed by atoms with van der Waals surface area (Å²) < 4.78 is 8.01. The Labute approximate surface area is 199 Å². The average Bonchev–Trinajstić information content (AvgIpc) is 3.40. The molecular formula is C28H43N3O2. The molecule has 5 nitrogen and oxygen atoms in total. The van der Waals surface area contributed by atoms with Crippen molar-refractivity contribution in [2.75, 3.05) is 7.11 Å². The normalized spacial score (nSPS) is 45.5. The van der Waals surface area contributed by atoms with Gasteiger partial charge in [0.25, 0.3) is 0 Å². The van der Waals surface area contributed by atoms with Crippen molar-refractivity contribution in [1.29, 1.82) is 5.26 Å². The van der Waals surface area contributed by atoms with E-state index in [9.17, 15) is 5.11 Å². The van der Waals surface area contributed by atoms with Gasteiger partial charge in [0.05, 0.1) is 30.0 Å². The molecule has 0 radical (unpaired) electrons. The summed E-state index contributed by atoms with van der Waals surface area (Å²) in [7, 11) is 1.85. The van der Waals surface area contributed by atoms with Crippen LogP contribution < -0.4 is 0 Å². The molecule has 0 aromatic carbocycles. The van der Waals surface area contributed by atoms with Crippen LogP contribution in [0.15, 0.2) is 12.4 Å². The third kappa shape index (κ3) is 3.67. The summed E-state index contributed by atoms with van der Waals surface area (Å²) in [4.78, 5) is 0. The standard InChI is InChI=1S/C28H43N3O2/c1-5-28-13-12-26(2,32)14-20(28)6-7-21-22-8-9-24(27(22,3)11-10-23(21)28)25(33-4)18-31-17-19(15-29)16-30-31/h16-17,20-25,32H,5-14,18H2,1-4H3/t20-,21+,22+,23+,24-,25-,26-,27+,28+/m1/s1. The highest BCUT2D eigenvalue weighted by Crippen LogP contribution is 2.69. The number of hydrogen-bond donors (Lipinski definition) is 1. The fourth-order valence-corrected chi connectivity index (χ4v) is 9.67. The number of ether oxygens (including phenoxy) is 1. The number of aliphatic hydroxyl groups is 1. The lowest BCUT2D eigenvalue weighted by atomic mass is 9.42. The average molecular weight is 454 g/mol. The molecule has 1 aromatic heterocycles. The van der Waals surface area contributed by atoms with Gasteiger partial charge in [0.2, 0.25) is 0 Å². The van der Waals surface area contributed by atoms with E-state index in [1.54, 1.807) is 6.20 Å². The second-order valence-electron chi connectivity index (χ2n) is 12.5. The minimum atomic E-state index is -0.457. The quantitative estimate of drug-likeness (QED) is 0.633. The second-order valence-corrected chi connectivity index (χ2v) is 12.5. The maximum atomic E-state index is 10.8. The van der Waals surface area contributed by atoms with Crippen molar-refractivity contribution in [2.24, 2.45) is 40.4 Å². The van der Waals surface area contributed by atoms with E-state index in [-0.39, 0.29) is 6.10 Å². The molecular weight excluding hydrogens is 410 g/mol. The third-order valence-corrected chi connectivity index (χ3v) is 11.3. The molecule has 182 valence electrons. The van der Waals surface area contributed by atoms with E-state index in [1.165, 1.54) is 51.4 Å². The number of methoxy groups -OCH3 is 1. The van der Waals surface area contributed by atoms with Crippen LogP contribution in [0, 0.1) is 51.8 Å². The van der Waals surface area contributed by atoms with E-state index in [2.05, 4.69) is 31.9 Å². The van der Waals surface area contributed by atoms with Crippen LogP contribution in [0.4, 0.5) is 0 Å². The summed E-state index contributed by atoms with van der Waals surface area (Å²) in [6, 6.07) is 2.19. The smallest absolute Gasteiger partial charge is 0.102 e. The summed E-state index contributed by atoms with van der Waals surface area (Å²) in [6.07, 6.45) is 16.0. The van der Waals surface area contributed by atoms with Gasteiger partial charge in [0, 0.05) is 13.3 Å². The van der Waals surface area contributed by atoms with Crippen LogP contribution in [-0.4, -0.2) is 33.7 Å². The molecule has 4 fully saturated rings. The molecule has 5 rings (SSSR count). The van der Waals surface area contributed by atoms with Crippen molar-refractivity contribution in [1.82, 2.24) is 9.78 Å². The first-order valence-electron chi connectivity index (χ1n) is 13.4. The lowest BCUT2D eigenvalue weighted by Crippen LogP contribution is -2.57. The minimum absolute atomic E-state index is 0.143. The zero-order chi connectivity index (χ0) is 23.4. The summed E-state index contributed by atoms with van der Waals surface area (Å²) >= 11 is 0. The molecule has 33 heavy (non-hydrogen) atoms. The van der Waals surface area contributed by atoms with Crippen LogP contribution in [0.2, 0.25) is 0 Å². The number of nitriles is 1. The van der Waals surface area contributed by atoms with Gasteiger partial charge in [-0.1, -0.05) is 13.8 Å². The van der Waals surface area contributed by atoms with Crippen molar-refractivity contribution in [3.63, 3.8) is 0 Å². The molecule has 0 aliphatic heterocycles. The Hall–Kier alpha value is -1.38. The maximum absolute atomic E-state index is 10.8. The topological polar surface area (TPSA) is 71.1 Å². The monoisotopic (exact) mass is 453 g/mol. The molecule has 9 atom stereocenters. The maximum Gasteiger partial charge on any atom is 0.102 e. The number of nitrogens with zero attached hydrogens (tertiary/aromatic N) is 3. The second kappa shape index (κ2) is 8.38. The number of aromatic nitrogens is 2. The van der Waals surface area contributed by atoms with Crippen LogP contribution in [0.1, 0.15) is 90.5 Å². The highest BCUT2D eigenvalue weighted by molar-refractivity contribution is 5.21. The number of rotatable bonds is 5. The van der Waals surface area contributed by atoms with Crippen LogP contribution in [0.5, 0.6) is 0 Å². The Balaban J connectivity index is 1.37. The number of fused-ring (bicyclic) bond motifs is 5. The fraction of sp³-hybridized carbons (Fsp3) is 0.857. The Kier molecular flexibility index (Phi) is 5.93. The Morgan fingerprint density at radius 2 is 2.00 bits per heavy atom. The molecule has 1 aromatic rings. The molecule has 0 bridgehead atoms. The summed E-state index contributed by atoms with van der Waals surface area (Å²) in [6.45, 7) is 7.80. The Bertz CT molecular complexity index is 903. The molecule has 4 saturated carbocycles. The van der Waals surface area contributed by atoms with Crippen molar-refractivity contribution in [2.45, 2.75) is 103 Å². The van der Waals surface area contributed by atoms with Crippen molar-refractivity contribution < 1.29 is 9.84 Å². The van der Waals surface area contributed by atoms with Gasteiger partial charge in [-0.05, 0) is 112 Å². The van der Waals surface area contributed by atoms with E-state index in [4.69, 9.17) is 10.00 Å². The SMILES string of the molecule is CC[C@]12CC[C@@](C)(O)C[C@H]1CC[C@H]1[C@@H]3CC[C@H]([C@@H](Cn4cc(C#N)cn4)OC)[C@@]3(C)CC[C@@H]12. The zero-order valence-corrected chi connectivity index (χ0v) is 21.1. The molecule has 0 saturated heterocycles. The summed E-state index contributed by atoms with van der Waals surface area (Å²) in [5.74, 6) is 3.71. The Morgan fingerprint density at radius 3 is 2.70 bits per heavy atom. The molecule has 1 heterocycles. The van der Waals surface area contributed by atoms with Crippen LogP contribution in [-0.2, 0) is 11.3 Å². The molecule has 0 unspecified atom stereocenters. The first-order valence-corrected chi connectivity index (χ1v) is 13.4. The van der Waals surface area contributed by atoms with E-state index >= 15 is 0 Å². The first-order chi connectivity index (χ1) is 15.8. The number of hydrogen-bond acceptors (Lipinski definition) is 4. The van der Waals surface area contributed by atoms with Crippen LogP contribution in [0.3, 0.4) is 0 Å². The van der Waals surface area contributed by atoms with E-state index in [1.807, 2.05) is 18.0 Å². The van der Waals surface area contributed by atoms with Gasteiger partial charge < -0.3 is 9.84 Å². The fourth-order valence-electron chi connectivity index (χ4n) is 9.67. The van der Waals surface area contributed by atoms with Gasteiger partial charge in [0.1, 0.15) is 6.07 Å². The summed E-state index contributed by atoms with van der Waals surface area (Å²) in [5, 5.41) is 24.4. The molecule has 0 spiro atoms. The molecule has 0 amide bonds. The van der Waals surface area contributed by atoms with Gasteiger partial charge in [-0.15, -0.1) is 0 Å². The third-order valence-electron chi connectivity index (χ3n) is 11.3. The van der Waals surface area contributed by atoms with E-state index in [0.29, 0.717) is 28.2 Å². The van der Waals surface area contributed by atoms with Crippen LogP contribution >= 0.6 is 0 Å². The highest BCUT2D eigenvalue weighted by atomic mass is 16.5. The van der Waals surface area contributed by atoms with Gasteiger partial charge in [-0.25, -0.2) is 0 Å². The summed E-state index contributed by atoms with van der Waals surface area (Å²) in [5.41, 5.74) is 0.943. The Morgan fingerprint density at radius 1 is 1.18 bits per heavy atom. The molecule has 4 aliphatic rings. The molecule has 1 N–H and O–H groups in total. The lowest BCUT2D eigenvalue weighted by Gasteiger charge is -2.63. The largest absolute Gasteiger partial charge is 0.390 e. The van der Waals surface area contributed by atoms with Crippen LogP contribution in [0.25, 0.3) is 0 Å². The van der Waals surface area contributed by atoms with Crippen molar-refractivity contribution >= 4 is 0 Å².